The van der Waals surface area contributed by atoms with Crippen LogP contribution >= 0.6 is 0 Å². The minimum atomic E-state index is -4.46. The van der Waals surface area contributed by atoms with E-state index in [-0.39, 0.29) is 16.1 Å². The number of sulfonamides is 1. The monoisotopic (exact) mass is 314 g/mol. The Labute approximate surface area is 114 Å². The number of hydrogen-bond donors (Lipinski definition) is 1. The lowest BCUT2D eigenvalue weighted by atomic mass is 10.2. The molecule has 0 aliphatic carbocycles. The number of nitrogens with zero attached hydrogens (tertiary/aromatic N) is 1. The molecule has 1 aromatic carbocycles. The zero-order valence-electron chi connectivity index (χ0n) is 10.8. The number of rotatable bonds is 4. The Morgan fingerprint density at radius 2 is 1.85 bits per heavy atom. The van der Waals surface area contributed by atoms with Gasteiger partial charge in [-0.1, -0.05) is 0 Å². The van der Waals surface area contributed by atoms with Gasteiger partial charge in [0.25, 0.3) is 0 Å². The van der Waals surface area contributed by atoms with Crippen LogP contribution in [0.5, 0.6) is 0 Å². The van der Waals surface area contributed by atoms with Gasteiger partial charge in [0.1, 0.15) is 5.82 Å². The molecule has 0 amide bonds. The zero-order valence-corrected chi connectivity index (χ0v) is 11.6. The molecular weight excluding hydrogens is 300 g/mol. The first-order valence-electron chi connectivity index (χ1n) is 5.54. The van der Waals surface area contributed by atoms with E-state index < -0.39 is 35.0 Å². The van der Waals surface area contributed by atoms with E-state index in [9.17, 15) is 26.0 Å². The molecule has 9 heteroatoms. The summed E-state index contributed by atoms with van der Waals surface area (Å²) in [5.41, 5.74) is 4.96. The average molecular weight is 314 g/mol. The summed E-state index contributed by atoms with van der Waals surface area (Å²) in [7, 11) is -3.11. The Bertz CT molecular complexity index is 576. The molecule has 0 aliphatic heterocycles. The highest BCUT2D eigenvalue weighted by molar-refractivity contribution is 7.89. The molecule has 4 nitrogen and oxygen atoms in total. The van der Waals surface area contributed by atoms with Crippen molar-refractivity contribution in [3.63, 3.8) is 0 Å². The molecule has 0 atom stereocenters. The van der Waals surface area contributed by atoms with Crippen molar-refractivity contribution in [2.75, 3.05) is 19.3 Å². The maximum absolute atomic E-state index is 13.3. The Hall–Kier alpha value is -1.35. The van der Waals surface area contributed by atoms with Crippen LogP contribution in [0.2, 0.25) is 0 Å². The topological polar surface area (TPSA) is 63.4 Å². The van der Waals surface area contributed by atoms with Crippen molar-refractivity contribution in [3.05, 3.63) is 23.5 Å². The van der Waals surface area contributed by atoms with E-state index in [2.05, 4.69) is 0 Å². The predicted octanol–water partition coefficient (Wildman–Crippen LogP) is 2.29. The standard InChI is InChI=1S/C11H14F4N2O2S/c1-7-5-8(6-9(16)10(7)12)20(18,19)17(2)4-3-11(13,14)15/h5-6H,3-4,16H2,1-2H3. The van der Waals surface area contributed by atoms with Crippen molar-refractivity contribution >= 4 is 15.7 Å². The summed E-state index contributed by atoms with van der Waals surface area (Å²) < 4.78 is 74.3. The number of halogens is 4. The third-order valence-corrected chi connectivity index (χ3v) is 4.51. The van der Waals surface area contributed by atoms with Crippen molar-refractivity contribution in [1.29, 1.82) is 0 Å². The fourth-order valence-electron chi connectivity index (χ4n) is 1.50. The van der Waals surface area contributed by atoms with Gasteiger partial charge in [0, 0.05) is 13.6 Å². The number of alkyl halides is 3. The van der Waals surface area contributed by atoms with E-state index in [0.717, 1.165) is 19.2 Å². The number of aryl methyl sites for hydroxylation is 1. The van der Waals surface area contributed by atoms with E-state index in [0.29, 0.717) is 4.31 Å². The summed E-state index contributed by atoms with van der Waals surface area (Å²) >= 11 is 0. The summed E-state index contributed by atoms with van der Waals surface area (Å²) in [6.07, 6.45) is -5.72. The lowest BCUT2D eigenvalue weighted by Crippen LogP contribution is -2.30. The first kappa shape index (κ1) is 16.7. The molecule has 0 radical (unpaired) electrons. The minimum absolute atomic E-state index is 0.00722. The smallest absolute Gasteiger partial charge is 0.390 e. The number of anilines is 1. The largest absolute Gasteiger partial charge is 0.396 e. The zero-order chi connectivity index (χ0) is 15.7. The minimum Gasteiger partial charge on any atom is -0.396 e. The third kappa shape index (κ3) is 3.83. The van der Waals surface area contributed by atoms with Crippen LogP contribution < -0.4 is 5.73 Å². The van der Waals surface area contributed by atoms with Crippen LogP contribution in [-0.2, 0) is 10.0 Å². The third-order valence-electron chi connectivity index (χ3n) is 2.67. The van der Waals surface area contributed by atoms with Gasteiger partial charge in [-0.25, -0.2) is 17.1 Å². The Morgan fingerprint density at radius 3 is 2.30 bits per heavy atom. The molecule has 1 aromatic rings. The lowest BCUT2D eigenvalue weighted by molar-refractivity contribution is -0.135. The number of nitrogen functional groups attached to an aromatic ring is 1. The normalized spacial score (nSPS) is 12.9. The maximum atomic E-state index is 13.3. The molecule has 0 saturated heterocycles. The van der Waals surface area contributed by atoms with Gasteiger partial charge in [-0.3, -0.25) is 0 Å². The molecule has 20 heavy (non-hydrogen) atoms. The van der Waals surface area contributed by atoms with Crippen molar-refractivity contribution in [3.8, 4) is 0 Å². The van der Waals surface area contributed by atoms with Crippen LogP contribution in [0.4, 0.5) is 23.2 Å². The number of nitrogens with two attached hydrogens (primary N) is 1. The molecule has 0 aliphatic rings. The Morgan fingerprint density at radius 1 is 1.30 bits per heavy atom. The maximum Gasteiger partial charge on any atom is 0.390 e. The highest BCUT2D eigenvalue weighted by Gasteiger charge is 2.30. The summed E-state index contributed by atoms with van der Waals surface area (Å²) in [6, 6.07) is 1.92. The summed E-state index contributed by atoms with van der Waals surface area (Å²) in [4.78, 5) is -0.335. The van der Waals surface area contributed by atoms with Gasteiger partial charge in [0.2, 0.25) is 10.0 Å². The van der Waals surface area contributed by atoms with Gasteiger partial charge in [0.15, 0.2) is 0 Å². The van der Waals surface area contributed by atoms with Crippen molar-refractivity contribution in [2.24, 2.45) is 0 Å². The first-order valence-corrected chi connectivity index (χ1v) is 6.98. The average Bonchev–Trinajstić information content (AvgIpc) is 2.31. The van der Waals surface area contributed by atoms with Crippen LogP contribution in [-0.4, -0.2) is 32.5 Å². The molecule has 1 rings (SSSR count). The Balaban J connectivity index is 3.05. The van der Waals surface area contributed by atoms with Gasteiger partial charge in [-0.2, -0.15) is 13.2 Å². The Kier molecular flexibility index (Phi) is 4.65. The number of hydrogen-bond acceptors (Lipinski definition) is 3. The molecule has 0 unspecified atom stereocenters. The second-order valence-electron chi connectivity index (χ2n) is 4.34. The second kappa shape index (κ2) is 5.57. The van der Waals surface area contributed by atoms with Gasteiger partial charge >= 0.3 is 6.18 Å². The van der Waals surface area contributed by atoms with Gasteiger partial charge < -0.3 is 5.73 Å². The van der Waals surface area contributed by atoms with E-state index in [1.807, 2.05) is 0 Å². The lowest BCUT2D eigenvalue weighted by Gasteiger charge is -2.18. The van der Waals surface area contributed by atoms with E-state index >= 15 is 0 Å². The van der Waals surface area contributed by atoms with Crippen molar-refractivity contribution in [1.82, 2.24) is 4.31 Å². The molecule has 2 N–H and O–H groups in total. The second-order valence-corrected chi connectivity index (χ2v) is 6.38. The first-order chi connectivity index (χ1) is 8.95. The fourth-order valence-corrected chi connectivity index (χ4v) is 2.79. The van der Waals surface area contributed by atoms with E-state index in [1.54, 1.807) is 0 Å². The highest BCUT2D eigenvalue weighted by atomic mass is 32.2. The summed E-state index contributed by atoms with van der Waals surface area (Å²) in [5.74, 6) is -0.748. The molecule has 0 heterocycles. The highest BCUT2D eigenvalue weighted by Crippen LogP contribution is 2.25. The van der Waals surface area contributed by atoms with Gasteiger partial charge in [-0.15, -0.1) is 0 Å². The van der Waals surface area contributed by atoms with Gasteiger partial charge in [0.05, 0.1) is 17.0 Å². The molecule has 0 bridgehead atoms. The molecule has 0 fully saturated rings. The molecule has 0 aromatic heterocycles. The van der Waals surface area contributed by atoms with Crippen LogP contribution in [0.1, 0.15) is 12.0 Å². The van der Waals surface area contributed by atoms with Gasteiger partial charge in [-0.05, 0) is 24.6 Å². The summed E-state index contributed by atoms with van der Waals surface area (Å²) in [5, 5.41) is 0. The number of benzene rings is 1. The molecule has 114 valence electrons. The van der Waals surface area contributed by atoms with Crippen molar-refractivity contribution < 1.29 is 26.0 Å². The SMILES string of the molecule is Cc1cc(S(=O)(=O)N(C)CCC(F)(F)F)cc(N)c1F. The van der Waals surface area contributed by atoms with E-state index in [1.165, 1.54) is 6.92 Å². The molecular formula is C11H14F4N2O2S. The molecule has 0 saturated carbocycles. The quantitative estimate of drug-likeness (QED) is 0.685. The molecule has 0 spiro atoms. The van der Waals surface area contributed by atoms with E-state index in [4.69, 9.17) is 5.73 Å². The summed E-state index contributed by atoms with van der Waals surface area (Å²) in [6.45, 7) is 0.600. The van der Waals surface area contributed by atoms with Crippen LogP contribution in [0.15, 0.2) is 17.0 Å². The predicted molar refractivity (Wildman–Crippen MR) is 66.0 cm³/mol. The van der Waals surface area contributed by atoms with Crippen LogP contribution in [0.3, 0.4) is 0 Å². The van der Waals surface area contributed by atoms with Crippen LogP contribution in [0.25, 0.3) is 0 Å². The fraction of sp³-hybridized carbons (Fsp3) is 0.455. The van der Waals surface area contributed by atoms with Crippen molar-refractivity contribution in [2.45, 2.75) is 24.4 Å². The van der Waals surface area contributed by atoms with Crippen LogP contribution in [0, 0.1) is 12.7 Å².